The summed E-state index contributed by atoms with van der Waals surface area (Å²) in [6.07, 6.45) is 0. The van der Waals surface area contributed by atoms with E-state index < -0.39 is 0 Å². The van der Waals surface area contributed by atoms with Crippen molar-refractivity contribution in [3.8, 4) is 0 Å². The maximum absolute atomic E-state index is 6.16. The summed E-state index contributed by atoms with van der Waals surface area (Å²) in [5.41, 5.74) is 7.98. The molecular formula is C12H16ClN3. The summed E-state index contributed by atoms with van der Waals surface area (Å²) < 4.78 is 1.99. The Bertz CT molecular complexity index is 516. The summed E-state index contributed by atoms with van der Waals surface area (Å²) in [5.74, 6) is 1.24. The molecule has 2 N–H and O–H groups in total. The van der Waals surface area contributed by atoms with Gasteiger partial charge in [-0.2, -0.15) is 0 Å². The standard InChI is InChI=1S/C12H16ClN3/c1-7(2)10(14)12-15-9-6-4-5-8(13)11(9)16(12)3/h4-7,10H,14H2,1-3H3/t10-/m0/s1. The number of benzene rings is 1. The Morgan fingerprint density at radius 1 is 1.38 bits per heavy atom. The first-order valence-corrected chi connectivity index (χ1v) is 5.76. The molecule has 1 atom stereocenters. The van der Waals surface area contributed by atoms with E-state index in [1.807, 2.05) is 29.8 Å². The van der Waals surface area contributed by atoms with Gasteiger partial charge in [-0.15, -0.1) is 0 Å². The summed E-state index contributed by atoms with van der Waals surface area (Å²) in [6.45, 7) is 4.18. The number of nitrogens with zero attached hydrogens (tertiary/aromatic N) is 2. The highest BCUT2D eigenvalue weighted by Crippen LogP contribution is 2.27. The van der Waals surface area contributed by atoms with Crippen molar-refractivity contribution in [1.82, 2.24) is 9.55 Å². The largest absolute Gasteiger partial charge is 0.329 e. The van der Waals surface area contributed by atoms with E-state index in [1.54, 1.807) is 0 Å². The van der Waals surface area contributed by atoms with Gasteiger partial charge in [0.2, 0.25) is 0 Å². The number of para-hydroxylation sites is 1. The molecule has 1 heterocycles. The first-order valence-electron chi connectivity index (χ1n) is 5.38. The van der Waals surface area contributed by atoms with Crippen molar-refractivity contribution < 1.29 is 0 Å². The second-order valence-electron chi connectivity index (χ2n) is 4.41. The number of nitrogens with two attached hydrogens (primary N) is 1. The normalized spacial score (nSPS) is 13.6. The van der Waals surface area contributed by atoms with Crippen molar-refractivity contribution in [3.63, 3.8) is 0 Å². The number of hydrogen-bond donors (Lipinski definition) is 1. The van der Waals surface area contributed by atoms with Crippen LogP contribution in [0.5, 0.6) is 0 Å². The molecule has 3 nitrogen and oxygen atoms in total. The van der Waals surface area contributed by atoms with E-state index in [-0.39, 0.29) is 6.04 Å². The van der Waals surface area contributed by atoms with Gasteiger partial charge < -0.3 is 10.3 Å². The van der Waals surface area contributed by atoms with Gasteiger partial charge in [0.25, 0.3) is 0 Å². The van der Waals surface area contributed by atoms with Crippen LogP contribution in [-0.4, -0.2) is 9.55 Å². The minimum Gasteiger partial charge on any atom is -0.329 e. The van der Waals surface area contributed by atoms with Crippen LogP contribution in [0.25, 0.3) is 11.0 Å². The van der Waals surface area contributed by atoms with Gasteiger partial charge in [-0.1, -0.05) is 31.5 Å². The lowest BCUT2D eigenvalue weighted by Gasteiger charge is -2.15. The van der Waals surface area contributed by atoms with Gasteiger partial charge in [-0.3, -0.25) is 0 Å². The molecule has 1 aromatic carbocycles. The number of fused-ring (bicyclic) bond motifs is 1. The summed E-state index contributed by atoms with van der Waals surface area (Å²) in [6, 6.07) is 5.67. The number of aryl methyl sites for hydroxylation is 1. The van der Waals surface area contributed by atoms with Crippen molar-refractivity contribution >= 4 is 22.6 Å². The third-order valence-electron chi connectivity index (χ3n) is 2.90. The Hall–Kier alpha value is -1.06. The molecule has 0 saturated heterocycles. The molecule has 0 unspecified atom stereocenters. The van der Waals surface area contributed by atoms with Crippen molar-refractivity contribution in [2.75, 3.05) is 0 Å². The van der Waals surface area contributed by atoms with E-state index in [0.29, 0.717) is 5.92 Å². The van der Waals surface area contributed by atoms with Gasteiger partial charge in [0.1, 0.15) is 5.82 Å². The first kappa shape index (κ1) is 11.4. The predicted molar refractivity (Wildman–Crippen MR) is 67.5 cm³/mol. The van der Waals surface area contributed by atoms with Crippen LogP contribution in [0.15, 0.2) is 18.2 Å². The quantitative estimate of drug-likeness (QED) is 0.873. The lowest BCUT2D eigenvalue weighted by Crippen LogP contribution is -2.20. The Kier molecular flexibility index (Phi) is 2.91. The lowest BCUT2D eigenvalue weighted by atomic mass is 10.1. The van der Waals surface area contributed by atoms with Gasteiger partial charge in [0, 0.05) is 7.05 Å². The van der Waals surface area contributed by atoms with Crippen molar-refractivity contribution in [2.45, 2.75) is 19.9 Å². The third kappa shape index (κ3) is 1.70. The topological polar surface area (TPSA) is 43.8 Å². The minimum atomic E-state index is -0.0616. The van der Waals surface area contributed by atoms with E-state index in [2.05, 4.69) is 18.8 Å². The summed E-state index contributed by atoms with van der Waals surface area (Å²) >= 11 is 6.16. The zero-order valence-electron chi connectivity index (χ0n) is 9.74. The van der Waals surface area contributed by atoms with Crippen LogP contribution >= 0.6 is 11.6 Å². The second kappa shape index (κ2) is 4.07. The number of hydrogen-bond acceptors (Lipinski definition) is 2. The SMILES string of the molecule is CC(C)[C@H](N)c1nc2cccc(Cl)c2n1C. The van der Waals surface area contributed by atoms with E-state index in [9.17, 15) is 0 Å². The average Bonchev–Trinajstić information content (AvgIpc) is 2.56. The number of aromatic nitrogens is 2. The molecule has 1 aromatic heterocycles. The molecule has 2 rings (SSSR count). The molecule has 16 heavy (non-hydrogen) atoms. The number of halogens is 1. The number of rotatable bonds is 2. The maximum atomic E-state index is 6.16. The molecule has 0 fully saturated rings. The second-order valence-corrected chi connectivity index (χ2v) is 4.81. The smallest absolute Gasteiger partial charge is 0.126 e. The summed E-state index contributed by atoms with van der Waals surface area (Å²) in [5, 5.41) is 0.717. The van der Waals surface area contributed by atoms with E-state index in [0.717, 1.165) is 21.9 Å². The highest BCUT2D eigenvalue weighted by molar-refractivity contribution is 6.35. The summed E-state index contributed by atoms with van der Waals surface area (Å²) in [4.78, 5) is 4.55. The third-order valence-corrected chi connectivity index (χ3v) is 3.20. The first-order chi connectivity index (χ1) is 7.52. The molecule has 0 aliphatic heterocycles. The van der Waals surface area contributed by atoms with Crippen molar-refractivity contribution in [2.24, 2.45) is 18.7 Å². The van der Waals surface area contributed by atoms with Gasteiger partial charge >= 0.3 is 0 Å². The fraction of sp³-hybridized carbons (Fsp3) is 0.417. The Labute approximate surface area is 100 Å². The van der Waals surface area contributed by atoms with Gasteiger partial charge in [0.15, 0.2) is 0 Å². The molecule has 0 saturated carbocycles. The van der Waals surface area contributed by atoms with Crippen LogP contribution in [0.3, 0.4) is 0 Å². The lowest BCUT2D eigenvalue weighted by molar-refractivity contribution is 0.480. The summed E-state index contributed by atoms with van der Waals surface area (Å²) in [7, 11) is 1.96. The van der Waals surface area contributed by atoms with Crippen LogP contribution in [0.1, 0.15) is 25.7 Å². The van der Waals surface area contributed by atoms with Crippen LogP contribution in [0.2, 0.25) is 5.02 Å². The Balaban J connectivity index is 2.65. The van der Waals surface area contributed by atoms with Gasteiger partial charge in [0.05, 0.1) is 22.1 Å². The molecular weight excluding hydrogens is 222 g/mol. The molecule has 0 amide bonds. The predicted octanol–water partition coefficient (Wildman–Crippen LogP) is 2.88. The molecule has 2 aromatic rings. The molecule has 0 bridgehead atoms. The van der Waals surface area contributed by atoms with Crippen LogP contribution in [-0.2, 0) is 7.05 Å². The minimum absolute atomic E-state index is 0.0616. The van der Waals surface area contributed by atoms with Crippen LogP contribution < -0.4 is 5.73 Å². The van der Waals surface area contributed by atoms with E-state index in [4.69, 9.17) is 17.3 Å². The fourth-order valence-electron chi connectivity index (χ4n) is 1.84. The molecule has 0 spiro atoms. The Morgan fingerprint density at radius 2 is 2.06 bits per heavy atom. The van der Waals surface area contributed by atoms with Gasteiger partial charge in [-0.25, -0.2) is 4.98 Å². The molecule has 86 valence electrons. The van der Waals surface area contributed by atoms with E-state index in [1.165, 1.54) is 0 Å². The highest BCUT2D eigenvalue weighted by atomic mass is 35.5. The highest BCUT2D eigenvalue weighted by Gasteiger charge is 2.18. The molecule has 0 radical (unpaired) electrons. The van der Waals surface area contributed by atoms with Crippen LogP contribution in [0.4, 0.5) is 0 Å². The zero-order valence-corrected chi connectivity index (χ0v) is 10.5. The average molecular weight is 238 g/mol. The fourth-order valence-corrected chi connectivity index (χ4v) is 2.13. The zero-order chi connectivity index (χ0) is 11.9. The molecule has 0 aliphatic rings. The monoisotopic (exact) mass is 237 g/mol. The number of imidazole rings is 1. The molecule has 0 aliphatic carbocycles. The van der Waals surface area contributed by atoms with Crippen molar-refractivity contribution in [1.29, 1.82) is 0 Å². The molecule has 4 heteroatoms. The van der Waals surface area contributed by atoms with E-state index >= 15 is 0 Å². The Morgan fingerprint density at radius 3 is 2.62 bits per heavy atom. The van der Waals surface area contributed by atoms with Gasteiger partial charge in [-0.05, 0) is 18.1 Å². The maximum Gasteiger partial charge on any atom is 0.126 e. The van der Waals surface area contributed by atoms with Crippen molar-refractivity contribution in [3.05, 3.63) is 29.0 Å². The van der Waals surface area contributed by atoms with Crippen LogP contribution in [0, 0.1) is 5.92 Å².